The molecule has 2 rings (SSSR count). The van der Waals surface area contributed by atoms with E-state index in [1.165, 1.54) is 18.2 Å². The van der Waals surface area contributed by atoms with E-state index in [2.05, 4.69) is 15.0 Å². The molecule has 1 heterocycles. The minimum Gasteiger partial charge on any atom is -0.435 e. The fourth-order valence-corrected chi connectivity index (χ4v) is 2.63. The molecule has 1 aromatic rings. The van der Waals surface area contributed by atoms with Gasteiger partial charge in [0.05, 0.1) is 6.10 Å². The highest BCUT2D eigenvalue weighted by Gasteiger charge is 2.23. The lowest BCUT2D eigenvalue weighted by molar-refractivity contribution is -0.126. The Morgan fingerprint density at radius 3 is 2.78 bits per heavy atom. The van der Waals surface area contributed by atoms with E-state index in [0.29, 0.717) is 5.56 Å². The number of hydrogen-bond acceptors (Lipinski definition) is 4. The fraction of sp³-hybridized carbons (Fsp3) is 0.562. The number of alkyl halides is 2. The van der Waals surface area contributed by atoms with Gasteiger partial charge in [-0.15, -0.1) is 0 Å². The van der Waals surface area contributed by atoms with Crippen molar-refractivity contribution in [3.05, 3.63) is 29.8 Å². The minimum absolute atomic E-state index is 0.0156. The second kappa shape index (κ2) is 8.21. The lowest BCUT2D eigenvalue weighted by Gasteiger charge is -2.28. The third-order valence-corrected chi connectivity index (χ3v) is 4.03. The fourth-order valence-electron chi connectivity index (χ4n) is 2.63. The van der Waals surface area contributed by atoms with Gasteiger partial charge in [-0.2, -0.15) is 8.78 Å². The van der Waals surface area contributed by atoms with Gasteiger partial charge in [-0.3, -0.25) is 4.79 Å². The van der Waals surface area contributed by atoms with E-state index in [1.54, 1.807) is 6.07 Å². The van der Waals surface area contributed by atoms with Gasteiger partial charge in [0.15, 0.2) is 0 Å². The maximum Gasteiger partial charge on any atom is 0.387 e. The molecule has 0 saturated carbocycles. The van der Waals surface area contributed by atoms with E-state index in [1.807, 2.05) is 7.05 Å². The molecular weight excluding hydrogens is 306 g/mol. The van der Waals surface area contributed by atoms with Crippen LogP contribution in [0.1, 0.15) is 24.5 Å². The topological polar surface area (TPSA) is 61.8 Å². The van der Waals surface area contributed by atoms with E-state index in [-0.39, 0.29) is 24.1 Å². The van der Waals surface area contributed by atoms with E-state index in [9.17, 15) is 18.7 Å². The average molecular weight is 328 g/mol. The third-order valence-electron chi connectivity index (χ3n) is 4.03. The number of ether oxygens (including phenoxy) is 1. The second-order valence-electron chi connectivity index (χ2n) is 5.79. The predicted octanol–water partition coefficient (Wildman–Crippen LogP) is 1.78. The Bertz CT molecular complexity index is 520. The SMILES string of the molecule is CN1CCC(C(=O)NCC(O)c2cccc(OC(F)F)c2)CC1. The van der Waals surface area contributed by atoms with Crippen molar-refractivity contribution in [3.8, 4) is 5.75 Å². The second-order valence-corrected chi connectivity index (χ2v) is 5.79. The molecular formula is C16H22F2N2O3. The first-order valence-electron chi connectivity index (χ1n) is 7.65. The molecule has 7 heteroatoms. The third kappa shape index (κ3) is 5.44. The summed E-state index contributed by atoms with van der Waals surface area (Å²) in [6, 6.07) is 5.86. The number of carbonyl (C=O) groups excluding carboxylic acids is 1. The van der Waals surface area contributed by atoms with Crippen LogP contribution in [0.4, 0.5) is 8.78 Å². The molecule has 0 spiro atoms. The summed E-state index contributed by atoms with van der Waals surface area (Å²) in [7, 11) is 2.02. The van der Waals surface area contributed by atoms with Crippen molar-refractivity contribution in [3.63, 3.8) is 0 Å². The monoisotopic (exact) mass is 328 g/mol. The number of hydrogen-bond donors (Lipinski definition) is 2. The van der Waals surface area contributed by atoms with Crippen LogP contribution in [0.25, 0.3) is 0 Å². The zero-order valence-corrected chi connectivity index (χ0v) is 13.0. The number of nitrogens with zero attached hydrogens (tertiary/aromatic N) is 1. The van der Waals surface area contributed by atoms with Crippen molar-refractivity contribution in [1.82, 2.24) is 10.2 Å². The first kappa shape index (κ1) is 17.6. The predicted molar refractivity (Wildman–Crippen MR) is 81.3 cm³/mol. The Morgan fingerprint density at radius 2 is 2.13 bits per heavy atom. The molecule has 0 bridgehead atoms. The number of likely N-dealkylation sites (tertiary alicyclic amines) is 1. The van der Waals surface area contributed by atoms with Gasteiger partial charge >= 0.3 is 6.61 Å². The largest absolute Gasteiger partial charge is 0.435 e. The van der Waals surface area contributed by atoms with E-state index >= 15 is 0 Å². The highest BCUT2D eigenvalue weighted by Crippen LogP contribution is 2.21. The van der Waals surface area contributed by atoms with Crippen LogP contribution in [0.3, 0.4) is 0 Å². The summed E-state index contributed by atoms with van der Waals surface area (Å²) < 4.78 is 28.7. The highest BCUT2D eigenvalue weighted by atomic mass is 19.3. The highest BCUT2D eigenvalue weighted by molar-refractivity contribution is 5.78. The molecule has 1 aliphatic rings. The molecule has 1 aliphatic heterocycles. The lowest BCUT2D eigenvalue weighted by Crippen LogP contribution is -2.40. The standard InChI is InChI=1S/C16H22F2N2O3/c1-20-7-5-11(6-8-20)15(22)19-10-14(21)12-3-2-4-13(9-12)23-16(17)18/h2-4,9,11,14,16,21H,5-8,10H2,1H3,(H,19,22). The van der Waals surface area contributed by atoms with Gasteiger partial charge in [0.1, 0.15) is 5.75 Å². The van der Waals surface area contributed by atoms with Crippen molar-refractivity contribution in [2.45, 2.75) is 25.6 Å². The van der Waals surface area contributed by atoms with Crippen LogP contribution in [-0.4, -0.2) is 49.2 Å². The van der Waals surface area contributed by atoms with Gasteiger partial charge in [0.25, 0.3) is 0 Å². The van der Waals surface area contributed by atoms with Crippen molar-refractivity contribution >= 4 is 5.91 Å². The van der Waals surface area contributed by atoms with Crippen molar-refractivity contribution in [1.29, 1.82) is 0 Å². The summed E-state index contributed by atoms with van der Waals surface area (Å²) in [4.78, 5) is 14.3. The molecule has 0 aromatic heterocycles. The Labute approximate surface area is 134 Å². The summed E-state index contributed by atoms with van der Waals surface area (Å²) in [5, 5.41) is 12.8. The van der Waals surface area contributed by atoms with Crippen LogP contribution < -0.4 is 10.1 Å². The summed E-state index contributed by atoms with van der Waals surface area (Å²) in [5.41, 5.74) is 0.423. The molecule has 2 N–H and O–H groups in total. The Morgan fingerprint density at radius 1 is 1.43 bits per heavy atom. The molecule has 1 amide bonds. The maximum atomic E-state index is 12.2. The van der Waals surface area contributed by atoms with Crippen LogP contribution in [0.5, 0.6) is 5.75 Å². The average Bonchev–Trinajstić information content (AvgIpc) is 2.52. The molecule has 1 fully saturated rings. The lowest BCUT2D eigenvalue weighted by atomic mass is 9.96. The number of benzene rings is 1. The molecule has 1 aromatic carbocycles. The Balaban J connectivity index is 1.84. The quantitative estimate of drug-likeness (QED) is 0.836. The minimum atomic E-state index is -2.91. The molecule has 0 radical (unpaired) electrons. The van der Waals surface area contributed by atoms with Crippen LogP contribution in [0, 0.1) is 5.92 Å². The molecule has 5 nitrogen and oxygen atoms in total. The van der Waals surface area contributed by atoms with Crippen molar-refractivity contribution in [2.24, 2.45) is 5.92 Å². The van der Waals surface area contributed by atoms with E-state index in [0.717, 1.165) is 25.9 Å². The summed E-state index contributed by atoms with van der Waals surface area (Å²) in [6.45, 7) is -1.10. The van der Waals surface area contributed by atoms with E-state index in [4.69, 9.17) is 0 Å². The van der Waals surface area contributed by atoms with Gasteiger partial charge in [0.2, 0.25) is 5.91 Å². The number of aliphatic hydroxyl groups excluding tert-OH is 1. The zero-order chi connectivity index (χ0) is 16.8. The summed E-state index contributed by atoms with van der Waals surface area (Å²) in [6.07, 6.45) is 0.637. The molecule has 1 unspecified atom stereocenters. The molecule has 1 saturated heterocycles. The Kier molecular flexibility index (Phi) is 6.29. The van der Waals surface area contributed by atoms with Gasteiger partial charge in [-0.25, -0.2) is 0 Å². The normalized spacial score (nSPS) is 18.0. The van der Waals surface area contributed by atoms with E-state index < -0.39 is 12.7 Å². The van der Waals surface area contributed by atoms with Crippen LogP contribution >= 0.6 is 0 Å². The Hall–Kier alpha value is -1.73. The zero-order valence-electron chi connectivity index (χ0n) is 13.0. The number of rotatable bonds is 6. The number of halogens is 2. The van der Waals surface area contributed by atoms with Crippen LogP contribution in [0.2, 0.25) is 0 Å². The smallest absolute Gasteiger partial charge is 0.387 e. The number of piperidine rings is 1. The first-order valence-corrected chi connectivity index (χ1v) is 7.65. The number of carbonyl (C=O) groups is 1. The van der Waals surface area contributed by atoms with Gasteiger partial charge in [-0.05, 0) is 50.7 Å². The van der Waals surface area contributed by atoms with Crippen LogP contribution in [0.15, 0.2) is 24.3 Å². The number of nitrogens with one attached hydrogen (secondary N) is 1. The molecule has 1 atom stereocenters. The molecule has 23 heavy (non-hydrogen) atoms. The number of amides is 1. The van der Waals surface area contributed by atoms with Crippen molar-refractivity contribution < 1.29 is 23.4 Å². The van der Waals surface area contributed by atoms with Gasteiger partial charge in [0, 0.05) is 12.5 Å². The van der Waals surface area contributed by atoms with Gasteiger partial charge in [-0.1, -0.05) is 12.1 Å². The molecule has 128 valence electrons. The first-order chi connectivity index (χ1) is 11.0. The maximum absolute atomic E-state index is 12.2. The molecule has 0 aliphatic carbocycles. The summed E-state index contributed by atoms with van der Waals surface area (Å²) >= 11 is 0. The van der Waals surface area contributed by atoms with Gasteiger partial charge < -0.3 is 20.1 Å². The van der Waals surface area contributed by atoms with Crippen LogP contribution in [-0.2, 0) is 4.79 Å². The van der Waals surface area contributed by atoms with Crippen molar-refractivity contribution in [2.75, 3.05) is 26.7 Å². The summed E-state index contributed by atoms with van der Waals surface area (Å²) in [5.74, 6) is -0.123. The number of aliphatic hydroxyl groups is 1.